The molecular weight excluding hydrogens is 103 g/mol. The predicted molar refractivity (Wildman–Crippen MR) is 20.2 cm³/mol. The highest BCUT2D eigenvalue weighted by atomic mass is 35.5. The van der Waals surface area contributed by atoms with Crippen LogP contribution in [0.5, 0.6) is 0 Å². The van der Waals surface area contributed by atoms with E-state index in [-0.39, 0.29) is 11.7 Å². The van der Waals surface area contributed by atoms with Gasteiger partial charge in [0.15, 0.2) is 0 Å². The summed E-state index contributed by atoms with van der Waals surface area (Å²) < 4.78 is 1.51. The van der Waals surface area contributed by atoms with E-state index in [2.05, 4.69) is 0 Å². The van der Waals surface area contributed by atoms with Gasteiger partial charge in [-0.3, -0.25) is 0 Å². The molecule has 0 spiro atoms. The Morgan fingerprint density at radius 1 is 1.83 bits per heavy atom. The molecule has 36 valence electrons. The van der Waals surface area contributed by atoms with E-state index in [0.29, 0.717) is 0 Å². The van der Waals surface area contributed by atoms with E-state index in [1.807, 2.05) is 0 Å². The molecule has 1 aliphatic rings. The molecule has 0 aromatic rings. The molecule has 2 unspecified atom stereocenters. The third-order valence-electron chi connectivity index (χ3n) is 0.881. The van der Waals surface area contributed by atoms with Crippen molar-refractivity contribution in [1.29, 1.82) is 0 Å². The van der Waals surface area contributed by atoms with Gasteiger partial charge in [-0.05, 0) is 11.6 Å². The summed E-state index contributed by atoms with van der Waals surface area (Å²) in [4.78, 5) is 0. The Morgan fingerprint density at radius 2 is 2.00 bits per heavy atom. The van der Waals surface area contributed by atoms with Crippen molar-refractivity contribution in [2.24, 2.45) is 0 Å². The number of halogens is 1. The Labute approximate surface area is 40.9 Å². The Balaban J connectivity index is 2.31. The fourth-order valence-corrected chi connectivity index (χ4v) is 0.463. The van der Waals surface area contributed by atoms with E-state index in [0.717, 1.165) is 0 Å². The predicted octanol–water partition coefficient (Wildman–Crippen LogP) is -0.219. The summed E-state index contributed by atoms with van der Waals surface area (Å²) in [5, 5.41) is 9.92. The van der Waals surface area contributed by atoms with E-state index in [1.54, 1.807) is 6.92 Å². The first-order valence-electron chi connectivity index (χ1n) is 1.77. The van der Waals surface area contributed by atoms with E-state index in [9.17, 15) is 5.26 Å². The van der Waals surface area contributed by atoms with Crippen LogP contribution < -0.4 is 5.26 Å². The van der Waals surface area contributed by atoms with E-state index >= 15 is 0 Å². The van der Waals surface area contributed by atoms with Gasteiger partial charge in [0.25, 0.3) is 0 Å². The van der Waals surface area contributed by atoms with Gasteiger partial charge in [-0.25, -0.2) is 0 Å². The van der Waals surface area contributed by atoms with Gasteiger partial charge < -0.3 is 9.78 Å². The summed E-state index contributed by atoms with van der Waals surface area (Å²) in [6.07, 6.45) is -0.0216. The maximum atomic E-state index is 9.92. The van der Waals surface area contributed by atoms with Crippen molar-refractivity contribution in [3.05, 3.63) is 0 Å². The molecule has 2 nitrogen and oxygen atoms in total. The molecule has 0 N–H and O–H groups in total. The Morgan fingerprint density at radius 3 is 2.00 bits per heavy atom. The first kappa shape index (κ1) is 4.37. The number of rotatable bonds is 0. The van der Waals surface area contributed by atoms with Gasteiger partial charge >= 0.3 is 5.56 Å². The average Bonchev–Trinajstić information content (AvgIpc) is 1.94. The molecule has 0 aromatic heterocycles. The number of alkyl halides is 1. The minimum absolute atomic E-state index is 0.0216. The second kappa shape index (κ2) is 1.09. The summed E-state index contributed by atoms with van der Waals surface area (Å²) in [7, 11) is 0. The lowest BCUT2D eigenvalue weighted by atomic mass is 10.6. The standard InChI is InChI=1S/C3H5ClO2/c1-2-3(4)6(2)5/h2-3H,1H3. The third-order valence-corrected chi connectivity index (χ3v) is 1.41. The molecule has 3 heteroatoms. The van der Waals surface area contributed by atoms with Crippen molar-refractivity contribution in [1.82, 2.24) is 0 Å². The van der Waals surface area contributed by atoms with Crippen LogP contribution >= 0.6 is 11.6 Å². The monoisotopic (exact) mass is 108 g/mol. The van der Waals surface area contributed by atoms with Gasteiger partial charge in [0, 0.05) is 6.92 Å². The number of hydrogen-bond acceptors (Lipinski definition) is 1. The molecule has 1 aliphatic heterocycles. The summed E-state index contributed by atoms with van der Waals surface area (Å²) in [5.41, 5.74) is -0.315. The maximum absolute atomic E-state index is 9.92. The maximum Gasteiger partial charge on any atom is 0.312 e. The normalized spacial score (nSPS) is 46.5. The van der Waals surface area contributed by atoms with Crippen molar-refractivity contribution in [3.8, 4) is 0 Å². The van der Waals surface area contributed by atoms with Crippen molar-refractivity contribution < 1.29 is 9.78 Å². The smallest absolute Gasteiger partial charge is 0.312 e. The molecule has 0 amide bonds. The fraction of sp³-hybridized carbons (Fsp3) is 1.00. The van der Waals surface area contributed by atoms with E-state index in [1.165, 1.54) is 4.52 Å². The largest absolute Gasteiger partial charge is 0.532 e. The molecule has 0 aliphatic carbocycles. The molecule has 0 bridgehead atoms. The first-order chi connectivity index (χ1) is 2.73. The van der Waals surface area contributed by atoms with Crippen LogP contribution in [-0.2, 0) is 4.52 Å². The average molecular weight is 109 g/mol. The zero-order valence-electron chi connectivity index (χ0n) is 3.35. The Kier molecular flexibility index (Phi) is 0.793. The fourth-order valence-electron chi connectivity index (χ4n) is 0.259. The van der Waals surface area contributed by atoms with Gasteiger partial charge in [0.05, 0.1) is 0 Å². The van der Waals surface area contributed by atoms with E-state index < -0.39 is 0 Å². The molecule has 1 rings (SSSR count). The van der Waals surface area contributed by atoms with Crippen LogP contribution in [0.15, 0.2) is 0 Å². The van der Waals surface area contributed by atoms with Crippen LogP contribution in [-0.4, -0.2) is 11.7 Å². The van der Waals surface area contributed by atoms with Crippen molar-refractivity contribution in [2.45, 2.75) is 18.6 Å². The van der Waals surface area contributed by atoms with Gasteiger partial charge in [-0.2, -0.15) is 0 Å². The number of hydrogen-bond donors (Lipinski definition) is 0. The van der Waals surface area contributed by atoms with Crippen LogP contribution in [0.3, 0.4) is 0 Å². The molecular formula is C3H5ClO2. The topological polar surface area (TPSA) is 25.8 Å². The Bertz CT molecular complexity index is 45.5. The molecule has 1 saturated heterocycles. The molecule has 2 atom stereocenters. The lowest BCUT2D eigenvalue weighted by Gasteiger charge is -1.89. The van der Waals surface area contributed by atoms with Crippen LogP contribution in [0.4, 0.5) is 0 Å². The third kappa shape index (κ3) is 0.416. The summed E-state index contributed by atoms with van der Waals surface area (Å²) in [6.45, 7) is 1.76. The zero-order chi connectivity index (χ0) is 4.73. The summed E-state index contributed by atoms with van der Waals surface area (Å²) in [5.74, 6) is 0. The van der Waals surface area contributed by atoms with Gasteiger partial charge in [0.2, 0.25) is 6.10 Å². The van der Waals surface area contributed by atoms with Crippen LogP contribution in [0, 0.1) is 0 Å². The second-order valence-electron chi connectivity index (χ2n) is 1.38. The van der Waals surface area contributed by atoms with Crippen LogP contribution in [0.2, 0.25) is 0 Å². The minimum atomic E-state index is -0.315. The SMILES string of the molecule is CC1C(Cl)[O+]1[O-]. The quantitative estimate of drug-likeness (QED) is 0.182. The lowest BCUT2D eigenvalue weighted by molar-refractivity contribution is -0.739. The highest BCUT2D eigenvalue weighted by molar-refractivity contribution is 6.21. The molecule has 0 aromatic carbocycles. The molecule has 1 fully saturated rings. The van der Waals surface area contributed by atoms with Crippen LogP contribution in [0.25, 0.3) is 0 Å². The molecule has 6 heavy (non-hydrogen) atoms. The lowest BCUT2D eigenvalue weighted by Crippen LogP contribution is -2.05. The highest BCUT2D eigenvalue weighted by Crippen LogP contribution is 2.30. The van der Waals surface area contributed by atoms with E-state index in [4.69, 9.17) is 11.6 Å². The van der Waals surface area contributed by atoms with Gasteiger partial charge in [0.1, 0.15) is 0 Å². The molecule has 0 radical (unpaired) electrons. The number of epoxide rings is 1. The molecule has 1 heterocycles. The van der Waals surface area contributed by atoms with Crippen molar-refractivity contribution in [3.63, 3.8) is 0 Å². The van der Waals surface area contributed by atoms with Crippen molar-refractivity contribution >= 4 is 11.6 Å². The van der Waals surface area contributed by atoms with Gasteiger partial charge in [-0.1, -0.05) is 0 Å². The summed E-state index contributed by atoms with van der Waals surface area (Å²) in [6, 6.07) is 0. The minimum Gasteiger partial charge on any atom is -0.532 e. The molecule has 0 saturated carbocycles. The van der Waals surface area contributed by atoms with Gasteiger partial charge in [-0.15, -0.1) is 0 Å². The van der Waals surface area contributed by atoms with Crippen LogP contribution in [0.1, 0.15) is 6.92 Å². The highest BCUT2D eigenvalue weighted by Gasteiger charge is 2.47. The Hall–Kier alpha value is 0.210. The zero-order valence-corrected chi connectivity index (χ0v) is 4.11. The first-order valence-corrected chi connectivity index (χ1v) is 2.20. The summed E-state index contributed by atoms with van der Waals surface area (Å²) >= 11 is 5.26. The second-order valence-corrected chi connectivity index (χ2v) is 1.81. The van der Waals surface area contributed by atoms with Crippen molar-refractivity contribution in [2.75, 3.05) is 0 Å².